The lowest BCUT2D eigenvalue weighted by Crippen LogP contribution is -2.53. The highest BCUT2D eigenvalue weighted by Gasteiger charge is 2.27. The van der Waals surface area contributed by atoms with Gasteiger partial charge in [0.2, 0.25) is 0 Å². The molecule has 1 aliphatic rings. The first kappa shape index (κ1) is 14.6. The number of carbonyl (C=O) groups is 1. The SMILES string of the molecule is C[C@H]1CN(c2nccs2)CCN1C(=O)C#Cc1ccccc1. The van der Waals surface area contributed by atoms with Crippen LogP contribution in [-0.4, -0.2) is 41.5 Å². The average molecular weight is 311 g/mol. The van der Waals surface area contributed by atoms with Crippen LogP contribution in [-0.2, 0) is 4.79 Å². The normalized spacial score (nSPS) is 17.8. The zero-order chi connectivity index (χ0) is 15.4. The van der Waals surface area contributed by atoms with Gasteiger partial charge in [-0.1, -0.05) is 24.1 Å². The van der Waals surface area contributed by atoms with Gasteiger partial charge < -0.3 is 9.80 Å². The van der Waals surface area contributed by atoms with Gasteiger partial charge in [-0.3, -0.25) is 4.79 Å². The fraction of sp³-hybridized carbons (Fsp3) is 0.294. The molecule has 3 rings (SSSR count). The first-order valence-electron chi connectivity index (χ1n) is 7.26. The third-order valence-corrected chi connectivity index (χ3v) is 4.50. The van der Waals surface area contributed by atoms with Gasteiger partial charge in [-0.15, -0.1) is 11.3 Å². The second kappa shape index (κ2) is 6.63. The number of hydrogen-bond donors (Lipinski definition) is 0. The number of rotatable bonds is 1. The van der Waals surface area contributed by atoms with Gasteiger partial charge in [-0.05, 0) is 19.1 Å². The summed E-state index contributed by atoms with van der Waals surface area (Å²) in [6, 6.07) is 9.73. The average Bonchev–Trinajstić information content (AvgIpc) is 3.08. The van der Waals surface area contributed by atoms with Gasteiger partial charge in [0.05, 0.1) is 0 Å². The molecule has 0 unspecified atom stereocenters. The van der Waals surface area contributed by atoms with Gasteiger partial charge in [-0.25, -0.2) is 4.98 Å². The van der Waals surface area contributed by atoms with Crippen LogP contribution in [0.3, 0.4) is 0 Å². The van der Waals surface area contributed by atoms with E-state index >= 15 is 0 Å². The molecule has 1 amide bonds. The first-order chi connectivity index (χ1) is 10.7. The van der Waals surface area contributed by atoms with Crippen molar-refractivity contribution >= 4 is 22.4 Å². The minimum atomic E-state index is -0.102. The molecule has 1 atom stereocenters. The zero-order valence-electron chi connectivity index (χ0n) is 12.4. The number of hydrogen-bond acceptors (Lipinski definition) is 4. The Bertz CT molecular complexity index is 688. The van der Waals surface area contributed by atoms with E-state index in [1.54, 1.807) is 11.3 Å². The third kappa shape index (κ3) is 3.29. The van der Waals surface area contributed by atoms with Crippen molar-refractivity contribution in [2.75, 3.05) is 24.5 Å². The van der Waals surface area contributed by atoms with Gasteiger partial charge in [0.15, 0.2) is 5.13 Å². The molecule has 2 aromatic rings. The minimum Gasteiger partial charge on any atom is -0.344 e. The molecule has 1 aromatic heterocycles. The summed E-state index contributed by atoms with van der Waals surface area (Å²) in [5, 5.41) is 3.00. The van der Waals surface area contributed by atoms with Gasteiger partial charge in [0.1, 0.15) is 0 Å². The van der Waals surface area contributed by atoms with E-state index in [9.17, 15) is 4.79 Å². The molecule has 0 aliphatic carbocycles. The number of aromatic nitrogens is 1. The third-order valence-electron chi connectivity index (χ3n) is 3.67. The fourth-order valence-electron chi connectivity index (χ4n) is 2.52. The lowest BCUT2D eigenvalue weighted by Gasteiger charge is -2.38. The first-order valence-corrected chi connectivity index (χ1v) is 8.14. The maximum Gasteiger partial charge on any atom is 0.299 e. The Morgan fingerprint density at radius 2 is 2.14 bits per heavy atom. The molecule has 0 N–H and O–H groups in total. The highest BCUT2D eigenvalue weighted by atomic mass is 32.1. The van der Waals surface area contributed by atoms with E-state index in [1.807, 2.05) is 46.8 Å². The maximum atomic E-state index is 12.3. The van der Waals surface area contributed by atoms with Crippen molar-refractivity contribution in [1.29, 1.82) is 0 Å². The second-order valence-electron chi connectivity index (χ2n) is 5.22. The molecule has 1 saturated heterocycles. The Kier molecular flexibility index (Phi) is 4.40. The van der Waals surface area contributed by atoms with Crippen LogP contribution in [0.15, 0.2) is 41.9 Å². The Morgan fingerprint density at radius 1 is 1.32 bits per heavy atom. The van der Waals surface area contributed by atoms with Crippen molar-refractivity contribution < 1.29 is 4.79 Å². The predicted octanol–water partition coefficient (Wildman–Crippen LogP) is 2.23. The number of benzene rings is 1. The lowest BCUT2D eigenvalue weighted by molar-refractivity contribution is -0.127. The summed E-state index contributed by atoms with van der Waals surface area (Å²) < 4.78 is 0. The number of amides is 1. The van der Waals surface area contributed by atoms with Crippen LogP contribution in [0, 0.1) is 11.8 Å². The monoisotopic (exact) mass is 311 g/mol. The van der Waals surface area contributed by atoms with Gasteiger partial charge in [-0.2, -0.15) is 0 Å². The molecule has 0 radical (unpaired) electrons. The van der Waals surface area contributed by atoms with Crippen LogP contribution >= 0.6 is 11.3 Å². The second-order valence-corrected chi connectivity index (χ2v) is 6.10. The Labute approximate surface area is 134 Å². The lowest BCUT2D eigenvalue weighted by atomic mass is 10.2. The molecular weight excluding hydrogens is 294 g/mol. The summed E-state index contributed by atoms with van der Waals surface area (Å²) in [5.74, 6) is 5.59. The van der Waals surface area contributed by atoms with Crippen LogP contribution in [0.1, 0.15) is 12.5 Å². The molecule has 5 heteroatoms. The predicted molar refractivity (Wildman–Crippen MR) is 88.8 cm³/mol. The zero-order valence-corrected chi connectivity index (χ0v) is 13.2. The van der Waals surface area contributed by atoms with E-state index in [1.165, 1.54) is 0 Å². The number of anilines is 1. The topological polar surface area (TPSA) is 36.4 Å². The number of nitrogens with zero attached hydrogens (tertiary/aromatic N) is 3. The molecule has 0 saturated carbocycles. The molecule has 1 fully saturated rings. The molecule has 1 aromatic carbocycles. The number of thiazole rings is 1. The Balaban J connectivity index is 1.64. The van der Waals surface area contributed by atoms with Gasteiger partial charge >= 0.3 is 0 Å². The summed E-state index contributed by atoms with van der Waals surface area (Å²) in [4.78, 5) is 20.7. The van der Waals surface area contributed by atoms with E-state index < -0.39 is 0 Å². The van der Waals surface area contributed by atoms with Crippen LogP contribution in [0.2, 0.25) is 0 Å². The van der Waals surface area contributed by atoms with Crippen molar-refractivity contribution in [1.82, 2.24) is 9.88 Å². The molecule has 1 aliphatic heterocycles. The Hall–Kier alpha value is -2.32. The molecule has 112 valence electrons. The standard InChI is InChI=1S/C17H17N3OS/c1-14-13-19(17-18-9-12-22-17)10-11-20(14)16(21)8-7-15-5-3-2-4-6-15/h2-6,9,12,14H,10-11,13H2,1H3/t14-/m0/s1. The van der Waals surface area contributed by atoms with Crippen LogP contribution in [0.5, 0.6) is 0 Å². The molecule has 2 heterocycles. The van der Waals surface area contributed by atoms with E-state index in [4.69, 9.17) is 0 Å². The van der Waals surface area contributed by atoms with E-state index in [0.717, 1.165) is 23.8 Å². The van der Waals surface area contributed by atoms with Crippen molar-refractivity contribution in [3.05, 3.63) is 47.5 Å². The quantitative estimate of drug-likeness (QED) is 0.758. The highest BCUT2D eigenvalue weighted by Crippen LogP contribution is 2.21. The summed E-state index contributed by atoms with van der Waals surface area (Å²) >= 11 is 1.63. The Morgan fingerprint density at radius 3 is 2.82 bits per heavy atom. The van der Waals surface area contributed by atoms with E-state index in [0.29, 0.717) is 6.54 Å². The summed E-state index contributed by atoms with van der Waals surface area (Å²) in [6.45, 7) is 4.34. The maximum absolute atomic E-state index is 12.3. The summed E-state index contributed by atoms with van der Waals surface area (Å²) in [5.41, 5.74) is 0.866. The van der Waals surface area contributed by atoms with E-state index in [-0.39, 0.29) is 11.9 Å². The smallest absolute Gasteiger partial charge is 0.299 e. The number of carbonyl (C=O) groups excluding carboxylic acids is 1. The van der Waals surface area contributed by atoms with Crippen molar-refractivity contribution in [2.24, 2.45) is 0 Å². The summed E-state index contributed by atoms with van der Waals surface area (Å²) in [7, 11) is 0. The minimum absolute atomic E-state index is 0.102. The molecular formula is C17H17N3OS. The largest absolute Gasteiger partial charge is 0.344 e. The van der Waals surface area contributed by atoms with Crippen molar-refractivity contribution in [3.8, 4) is 11.8 Å². The van der Waals surface area contributed by atoms with Crippen LogP contribution < -0.4 is 4.90 Å². The fourth-order valence-corrected chi connectivity index (χ4v) is 3.20. The molecule has 0 spiro atoms. The van der Waals surface area contributed by atoms with Crippen molar-refractivity contribution in [2.45, 2.75) is 13.0 Å². The van der Waals surface area contributed by atoms with Crippen LogP contribution in [0.25, 0.3) is 0 Å². The molecule has 22 heavy (non-hydrogen) atoms. The van der Waals surface area contributed by atoms with Crippen LogP contribution in [0.4, 0.5) is 5.13 Å². The summed E-state index contributed by atoms with van der Waals surface area (Å²) in [6.07, 6.45) is 1.81. The molecule has 0 bridgehead atoms. The van der Waals surface area contributed by atoms with Crippen molar-refractivity contribution in [3.63, 3.8) is 0 Å². The van der Waals surface area contributed by atoms with Gasteiger partial charge in [0, 0.05) is 48.7 Å². The highest BCUT2D eigenvalue weighted by molar-refractivity contribution is 7.13. The number of piperazine rings is 1. The van der Waals surface area contributed by atoms with Gasteiger partial charge in [0.25, 0.3) is 5.91 Å². The molecule has 4 nitrogen and oxygen atoms in total. The van der Waals surface area contributed by atoms with E-state index in [2.05, 4.69) is 28.6 Å².